The third kappa shape index (κ3) is 6.12. The number of nitrogens with one attached hydrogen (secondary N) is 1. The number of nitrogens with zero attached hydrogens (tertiary/aromatic N) is 1. The maximum Gasteiger partial charge on any atom is 0.277 e. The molecular weight excluding hydrogens is 387 g/mol. The zero-order valence-electron chi connectivity index (χ0n) is 13.3. The lowest BCUT2D eigenvalue weighted by Crippen LogP contribution is -2.24. The molecule has 0 atom stereocenters. The van der Waals surface area contributed by atoms with Crippen LogP contribution in [0, 0.1) is 0 Å². The summed E-state index contributed by atoms with van der Waals surface area (Å²) in [6.45, 7) is 2.13. The predicted molar refractivity (Wildman–Crippen MR) is 100 cm³/mol. The molecule has 1 N–H and O–H groups in total. The zero-order valence-corrected chi connectivity index (χ0v) is 15.5. The van der Waals surface area contributed by atoms with Gasteiger partial charge in [-0.2, -0.15) is 5.10 Å². The van der Waals surface area contributed by atoms with E-state index in [0.717, 1.165) is 0 Å². The lowest BCUT2D eigenvalue weighted by molar-refractivity contribution is -0.123. The molecule has 0 fully saturated rings. The van der Waals surface area contributed by atoms with E-state index in [0.29, 0.717) is 38.7 Å². The van der Waals surface area contributed by atoms with Gasteiger partial charge in [-0.3, -0.25) is 4.79 Å². The Morgan fingerprint density at radius 3 is 2.44 bits per heavy atom. The summed E-state index contributed by atoms with van der Waals surface area (Å²) in [6, 6.07) is 9.87. The maximum atomic E-state index is 11.8. The number of hydrogen-bond acceptors (Lipinski definition) is 4. The van der Waals surface area contributed by atoms with Crippen LogP contribution in [-0.2, 0) is 4.79 Å². The Balaban J connectivity index is 1.91. The minimum atomic E-state index is -0.442. The van der Waals surface area contributed by atoms with Gasteiger partial charge in [0, 0.05) is 15.6 Å². The summed E-state index contributed by atoms with van der Waals surface area (Å²) in [5.74, 6) is 0.537. The highest BCUT2D eigenvalue weighted by Crippen LogP contribution is 2.27. The van der Waals surface area contributed by atoms with Crippen molar-refractivity contribution in [1.29, 1.82) is 0 Å². The average Bonchev–Trinajstić information content (AvgIpc) is 2.56. The summed E-state index contributed by atoms with van der Waals surface area (Å²) in [4.78, 5) is 11.8. The highest BCUT2D eigenvalue weighted by Gasteiger charge is 2.06. The third-order valence-electron chi connectivity index (χ3n) is 2.92. The van der Waals surface area contributed by atoms with Crippen LogP contribution in [0.2, 0.25) is 15.1 Å². The van der Waals surface area contributed by atoms with Crippen molar-refractivity contribution in [3.8, 4) is 11.5 Å². The smallest absolute Gasteiger partial charge is 0.277 e. The molecule has 25 heavy (non-hydrogen) atoms. The van der Waals surface area contributed by atoms with Gasteiger partial charge in [0.2, 0.25) is 0 Å². The first-order chi connectivity index (χ1) is 12.0. The summed E-state index contributed by atoms with van der Waals surface area (Å²) >= 11 is 17.7. The number of carbonyl (C=O) groups is 1. The molecule has 0 saturated heterocycles. The monoisotopic (exact) mass is 400 g/mol. The zero-order chi connectivity index (χ0) is 18.2. The number of halogens is 3. The van der Waals surface area contributed by atoms with Crippen LogP contribution in [0.15, 0.2) is 41.5 Å². The molecule has 0 saturated carbocycles. The van der Waals surface area contributed by atoms with Crippen molar-refractivity contribution in [2.75, 3.05) is 13.2 Å². The van der Waals surface area contributed by atoms with Gasteiger partial charge in [-0.25, -0.2) is 5.43 Å². The molecule has 0 aliphatic heterocycles. The first kappa shape index (κ1) is 19.4. The fraction of sp³-hybridized carbons (Fsp3) is 0.176. The van der Waals surface area contributed by atoms with Crippen molar-refractivity contribution >= 4 is 46.9 Å². The molecule has 0 unspecified atom stereocenters. The number of amides is 1. The minimum Gasteiger partial charge on any atom is -0.493 e. The standard InChI is InChI=1S/C17H15Cl3N2O3/c1-2-24-15-5-3-12(18)7-11(15)9-21-22-17(23)10-25-16-6-4-13(19)8-14(16)20/h3-9H,2,10H2,1H3,(H,22,23). The molecule has 0 bridgehead atoms. The summed E-state index contributed by atoms with van der Waals surface area (Å²) in [5, 5.41) is 5.22. The number of hydrogen-bond donors (Lipinski definition) is 1. The number of ether oxygens (including phenoxy) is 2. The van der Waals surface area contributed by atoms with E-state index in [1.54, 1.807) is 30.3 Å². The van der Waals surface area contributed by atoms with Crippen molar-refractivity contribution in [1.82, 2.24) is 5.43 Å². The molecule has 2 rings (SSSR count). The molecule has 2 aromatic rings. The van der Waals surface area contributed by atoms with Crippen molar-refractivity contribution in [3.05, 3.63) is 57.0 Å². The lowest BCUT2D eigenvalue weighted by atomic mass is 10.2. The van der Waals surface area contributed by atoms with E-state index in [4.69, 9.17) is 44.3 Å². The maximum absolute atomic E-state index is 11.8. The Bertz CT molecular complexity index is 782. The van der Waals surface area contributed by atoms with Gasteiger partial charge in [-0.1, -0.05) is 34.8 Å². The normalized spacial score (nSPS) is 10.7. The molecular formula is C17H15Cl3N2O3. The molecule has 0 aromatic heterocycles. The van der Waals surface area contributed by atoms with Crippen molar-refractivity contribution in [2.45, 2.75) is 6.92 Å². The van der Waals surface area contributed by atoms with E-state index in [1.807, 2.05) is 6.92 Å². The van der Waals surface area contributed by atoms with Crippen molar-refractivity contribution in [3.63, 3.8) is 0 Å². The summed E-state index contributed by atoms with van der Waals surface area (Å²) in [7, 11) is 0. The van der Waals surface area contributed by atoms with Gasteiger partial charge in [0.25, 0.3) is 5.91 Å². The van der Waals surface area contributed by atoms with Crippen molar-refractivity contribution < 1.29 is 14.3 Å². The molecule has 5 nitrogen and oxygen atoms in total. The summed E-state index contributed by atoms with van der Waals surface area (Å²) < 4.78 is 10.8. The average molecular weight is 402 g/mol. The summed E-state index contributed by atoms with van der Waals surface area (Å²) in [5.41, 5.74) is 3.01. The SMILES string of the molecule is CCOc1ccc(Cl)cc1C=NNC(=O)COc1ccc(Cl)cc1Cl. The Morgan fingerprint density at radius 1 is 1.08 bits per heavy atom. The fourth-order valence-electron chi connectivity index (χ4n) is 1.85. The second-order valence-corrected chi connectivity index (χ2v) is 6.05. The second kappa shape index (κ2) is 9.51. The predicted octanol–water partition coefficient (Wildman–Crippen LogP) is 4.57. The van der Waals surface area contributed by atoms with E-state index in [9.17, 15) is 4.79 Å². The van der Waals surface area contributed by atoms with Crippen LogP contribution in [0.5, 0.6) is 11.5 Å². The van der Waals surface area contributed by atoms with Gasteiger partial charge in [0.15, 0.2) is 6.61 Å². The van der Waals surface area contributed by atoms with E-state index < -0.39 is 5.91 Å². The van der Waals surface area contributed by atoms with Gasteiger partial charge in [-0.15, -0.1) is 0 Å². The summed E-state index contributed by atoms with van der Waals surface area (Å²) in [6.07, 6.45) is 1.45. The number of hydrazone groups is 1. The first-order valence-electron chi connectivity index (χ1n) is 7.31. The van der Waals surface area contributed by atoms with Crippen molar-refractivity contribution in [2.24, 2.45) is 5.10 Å². The van der Waals surface area contributed by atoms with Gasteiger partial charge >= 0.3 is 0 Å². The number of rotatable bonds is 7. The third-order valence-corrected chi connectivity index (χ3v) is 3.68. The van der Waals surface area contributed by atoms with Crippen LogP contribution in [0.3, 0.4) is 0 Å². The lowest BCUT2D eigenvalue weighted by Gasteiger charge is -2.08. The van der Waals surface area contributed by atoms with Gasteiger partial charge in [0.05, 0.1) is 17.8 Å². The van der Waals surface area contributed by atoms with Crippen LogP contribution < -0.4 is 14.9 Å². The largest absolute Gasteiger partial charge is 0.493 e. The van der Waals surface area contributed by atoms with Gasteiger partial charge in [-0.05, 0) is 43.3 Å². The van der Waals surface area contributed by atoms with Crippen LogP contribution in [0.4, 0.5) is 0 Å². The highest BCUT2D eigenvalue weighted by atomic mass is 35.5. The Kier molecular flexibility index (Phi) is 7.37. The Hall–Kier alpha value is -1.95. The Morgan fingerprint density at radius 2 is 1.76 bits per heavy atom. The second-order valence-electron chi connectivity index (χ2n) is 4.77. The first-order valence-corrected chi connectivity index (χ1v) is 8.45. The van der Waals surface area contributed by atoms with Gasteiger partial charge < -0.3 is 9.47 Å². The molecule has 2 aromatic carbocycles. The molecule has 0 aliphatic carbocycles. The molecule has 0 heterocycles. The topological polar surface area (TPSA) is 59.9 Å². The van der Waals surface area contributed by atoms with E-state index >= 15 is 0 Å². The van der Waals surface area contributed by atoms with Crippen LogP contribution >= 0.6 is 34.8 Å². The highest BCUT2D eigenvalue weighted by molar-refractivity contribution is 6.35. The Labute approximate surface area is 160 Å². The number of carbonyl (C=O) groups excluding carboxylic acids is 1. The molecule has 0 spiro atoms. The quantitative estimate of drug-likeness (QED) is 0.546. The van der Waals surface area contributed by atoms with Crippen LogP contribution in [0.25, 0.3) is 0 Å². The van der Waals surface area contributed by atoms with E-state index in [-0.39, 0.29) is 6.61 Å². The fourth-order valence-corrected chi connectivity index (χ4v) is 2.49. The van der Waals surface area contributed by atoms with E-state index in [2.05, 4.69) is 10.5 Å². The number of benzene rings is 2. The molecule has 132 valence electrons. The van der Waals surface area contributed by atoms with Crippen LogP contribution in [-0.4, -0.2) is 25.3 Å². The molecule has 0 aliphatic rings. The van der Waals surface area contributed by atoms with E-state index in [1.165, 1.54) is 12.3 Å². The molecule has 1 amide bonds. The van der Waals surface area contributed by atoms with Crippen LogP contribution in [0.1, 0.15) is 12.5 Å². The molecule has 0 radical (unpaired) electrons. The van der Waals surface area contributed by atoms with Gasteiger partial charge in [0.1, 0.15) is 11.5 Å². The minimum absolute atomic E-state index is 0.243. The molecule has 8 heteroatoms.